The van der Waals surface area contributed by atoms with E-state index >= 15 is 0 Å². The molecule has 4 aromatic rings. The topological polar surface area (TPSA) is 81.1 Å². The van der Waals surface area contributed by atoms with E-state index in [1.807, 2.05) is 67.1 Å². The number of nitrogens with one attached hydrogen (secondary N) is 2. The molecule has 0 bridgehead atoms. The molecule has 1 aliphatic heterocycles. The van der Waals surface area contributed by atoms with E-state index in [9.17, 15) is 4.79 Å². The summed E-state index contributed by atoms with van der Waals surface area (Å²) in [6.45, 7) is 13.0. The van der Waals surface area contributed by atoms with Crippen molar-refractivity contribution < 1.29 is 9.53 Å². The van der Waals surface area contributed by atoms with Crippen LogP contribution >= 0.6 is 11.8 Å². The maximum absolute atomic E-state index is 13.8. The zero-order chi connectivity index (χ0) is 29.8. The van der Waals surface area contributed by atoms with Crippen LogP contribution in [0.15, 0.2) is 77.1 Å². The van der Waals surface area contributed by atoms with Crippen LogP contribution in [0, 0.1) is 27.7 Å². The second-order valence-corrected chi connectivity index (χ2v) is 12.0. The van der Waals surface area contributed by atoms with E-state index in [0.29, 0.717) is 23.3 Å². The molecule has 0 saturated heterocycles. The maximum Gasteiger partial charge on any atom is 0.255 e. The van der Waals surface area contributed by atoms with Crippen molar-refractivity contribution in [3.63, 3.8) is 0 Å². The van der Waals surface area contributed by atoms with Crippen molar-refractivity contribution in [2.24, 2.45) is 0 Å². The Morgan fingerprint density at radius 2 is 1.76 bits per heavy atom. The third-order valence-electron chi connectivity index (χ3n) is 7.63. The molecule has 8 heteroatoms. The summed E-state index contributed by atoms with van der Waals surface area (Å²) in [7, 11) is 0. The number of aromatic nitrogens is 3. The monoisotopic (exact) mass is 581 g/mol. The van der Waals surface area contributed by atoms with Gasteiger partial charge in [-0.15, -0.1) is 5.10 Å². The molecule has 0 aliphatic carbocycles. The van der Waals surface area contributed by atoms with Crippen LogP contribution < -0.4 is 15.4 Å². The minimum atomic E-state index is -0.449. The van der Waals surface area contributed by atoms with E-state index in [2.05, 4.69) is 50.5 Å². The molecule has 1 aliphatic rings. The van der Waals surface area contributed by atoms with Crippen LogP contribution in [0.1, 0.15) is 66.1 Å². The average Bonchev–Trinajstić information content (AvgIpc) is 3.36. The fraction of sp³-hybridized carbons (Fsp3) is 0.324. The van der Waals surface area contributed by atoms with Gasteiger partial charge in [-0.1, -0.05) is 61.5 Å². The molecule has 1 atom stereocenters. The molecule has 0 saturated carbocycles. The Morgan fingerprint density at radius 3 is 2.50 bits per heavy atom. The summed E-state index contributed by atoms with van der Waals surface area (Å²) in [5.74, 6) is 2.17. The van der Waals surface area contributed by atoms with E-state index in [-0.39, 0.29) is 5.91 Å². The fourth-order valence-corrected chi connectivity index (χ4v) is 6.02. The van der Waals surface area contributed by atoms with Crippen molar-refractivity contribution in [2.45, 2.75) is 72.2 Å². The number of allylic oxidation sites excluding steroid dienone is 1. The molecule has 0 spiro atoms. The molecule has 42 heavy (non-hydrogen) atoms. The SMILES string of the molecule is CCCCSc1nc2n(n1)C(c1ccc(OCc3cc(C)c(C)cc3C)cc1)C(C(=O)Nc1cccc(C)c1)=C(C)N2. The number of carbonyl (C=O) groups excluding carboxylic acids is 1. The number of hydrogen-bond donors (Lipinski definition) is 2. The number of unbranched alkanes of at least 4 members (excludes halogenated alkanes) is 1. The first-order valence-corrected chi connectivity index (χ1v) is 15.5. The van der Waals surface area contributed by atoms with E-state index in [1.54, 1.807) is 11.8 Å². The number of aryl methyl sites for hydroxylation is 4. The van der Waals surface area contributed by atoms with Crippen molar-refractivity contribution in [1.82, 2.24) is 14.8 Å². The number of fused-ring (bicyclic) bond motifs is 1. The van der Waals surface area contributed by atoms with Crippen molar-refractivity contribution in [3.8, 4) is 5.75 Å². The normalized spacial score (nSPS) is 14.4. The first-order valence-electron chi connectivity index (χ1n) is 14.5. The molecule has 2 N–H and O–H groups in total. The predicted octanol–water partition coefficient (Wildman–Crippen LogP) is 7.91. The Hall–Kier alpha value is -4.04. The van der Waals surface area contributed by atoms with Gasteiger partial charge in [-0.2, -0.15) is 4.98 Å². The Balaban J connectivity index is 1.44. The lowest BCUT2D eigenvalue weighted by Gasteiger charge is -2.28. The molecule has 1 unspecified atom stereocenters. The number of rotatable bonds is 10. The lowest BCUT2D eigenvalue weighted by atomic mass is 9.95. The minimum Gasteiger partial charge on any atom is -0.489 e. The quantitative estimate of drug-likeness (QED) is 0.146. The molecule has 218 valence electrons. The third-order valence-corrected chi connectivity index (χ3v) is 8.55. The second kappa shape index (κ2) is 12.9. The number of carbonyl (C=O) groups is 1. The molecule has 0 fully saturated rings. The van der Waals surface area contributed by atoms with Crippen LogP contribution in [0.3, 0.4) is 0 Å². The van der Waals surface area contributed by atoms with Gasteiger partial charge in [-0.3, -0.25) is 4.79 Å². The van der Waals surface area contributed by atoms with Gasteiger partial charge in [0.25, 0.3) is 5.91 Å². The average molecular weight is 582 g/mol. The van der Waals surface area contributed by atoms with Crippen molar-refractivity contribution in [1.29, 1.82) is 0 Å². The van der Waals surface area contributed by atoms with Crippen molar-refractivity contribution in [2.75, 3.05) is 16.4 Å². The molecule has 1 amide bonds. The lowest BCUT2D eigenvalue weighted by molar-refractivity contribution is -0.113. The number of ether oxygens (including phenoxy) is 1. The van der Waals surface area contributed by atoms with Gasteiger partial charge >= 0.3 is 0 Å². The molecule has 5 rings (SSSR count). The smallest absolute Gasteiger partial charge is 0.255 e. The van der Waals surface area contributed by atoms with Gasteiger partial charge in [0.15, 0.2) is 0 Å². The fourth-order valence-electron chi connectivity index (χ4n) is 5.11. The summed E-state index contributed by atoms with van der Waals surface area (Å²) >= 11 is 1.64. The first-order chi connectivity index (χ1) is 20.2. The van der Waals surface area contributed by atoms with Crippen LogP contribution in [-0.4, -0.2) is 26.4 Å². The highest BCUT2D eigenvalue weighted by Crippen LogP contribution is 2.37. The summed E-state index contributed by atoms with van der Waals surface area (Å²) in [6.07, 6.45) is 2.21. The Labute approximate surface area is 252 Å². The largest absolute Gasteiger partial charge is 0.489 e. The Kier molecular flexibility index (Phi) is 9.02. The van der Waals surface area contributed by atoms with Gasteiger partial charge in [0, 0.05) is 17.1 Å². The van der Waals surface area contributed by atoms with Crippen molar-refractivity contribution in [3.05, 3.63) is 105 Å². The number of benzene rings is 3. The van der Waals surface area contributed by atoms with Crippen LogP contribution in [0.25, 0.3) is 0 Å². The zero-order valence-corrected chi connectivity index (χ0v) is 26.1. The van der Waals surface area contributed by atoms with E-state index in [0.717, 1.165) is 46.9 Å². The molecule has 1 aromatic heterocycles. The minimum absolute atomic E-state index is 0.178. The van der Waals surface area contributed by atoms with Gasteiger partial charge < -0.3 is 15.4 Å². The number of thioether (sulfide) groups is 1. The number of nitrogens with zero attached hydrogens (tertiary/aromatic N) is 3. The third kappa shape index (κ3) is 6.54. The maximum atomic E-state index is 13.8. The highest BCUT2D eigenvalue weighted by Gasteiger charge is 2.34. The first kappa shape index (κ1) is 29.5. The number of amides is 1. The molecular formula is C34H39N5O2S. The molecule has 3 aromatic carbocycles. The molecule has 2 heterocycles. The predicted molar refractivity (Wildman–Crippen MR) is 171 cm³/mol. The number of hydrogen-bond acceptors (Lipinski definition) is 6. The van der Waals surface area contributed by atoms with Crippen LogP contribution in [0.5, 0.6) is 5.75 Å². The second-order valence-electron chi connectivity index (χ2n) is 11.0. The van der Waals surface area contributed by atoms with E-state index in [1.165, 1.54) is 22.3 Å². The standard InChI is InChI=1S/C34H39N5O2S/c1-7-8-16-42-34-37-33-35-25(6)30(32(40)36-28-11-9-10-21(2)17-28)31(39(33)38-34)26-12-14-29(15-13-26)41-20-27-19-23(4)22(3)18-24(27)5/h9-15,17-19,31H,7-8,16,20H2,1-6H3,(H,36,40)(H,35,37,38). The summed E-state index contributed by atoms with van der Waals surface area (Å²) < 4.78 is 8.02. The molecule has 7 nitrogen and oxygen atoms in total. The number of anilines is 2. The van der Waals surface area contributed by atoms with Crippen molar-refractivity contribution >= 4 is 29.3 Å². The Morgan fingerprint density at radius 1 is 1.00 bits per heavy atom. The van der Waals surface area contributed by atoms with Gasteiger partial charge in [-0.25, -0.2) is 4.68 Å². The highest BCUT2D eigenvalue weighted by molar-refractivity contribution is 7.99. The highest BCUT2D eigenvalue weighted by atomic mass is 32.2. The zero-order valence-electron chi connectivity index (χ0n) is 25.2. The van der Waals surface area contributed by atoms with Gasteiger partial charge in [0.1, 0.15) is 18.4 Å². The lowest BCUT2D eigenvalue weighted by Crippen LogP contribution is -2.31. The molecular weight excluding hydrogens is 542 g/mol. The van der Waals surface area contributed by atoms with Gasteiger partial charge in [0.05, 0.1) is 5.57 Å². The van der Waals surface area contributed by atoms with Crippen LogP contribution in [0.2, 0.25) is 0 Å². The summed E-state index contributed by atoms with van der Waals surface area (Å²) in [4.78, 5) is 18.6. The van der Waals surface area contributed by atoms with Crippen LogP contribution in [-0.2, 0) is 11.4 Å². The summed E-state index contributed by atoms with van der Waals surface area (Å²) in [6, 6.07) is 19.7. The Bertz CT molecular complexity index is 1620. The van der Waals surface area contributed by atoms with E-state index in [4.69, 9.17) is 14.8 Å². The van der Waals surface area contributed by atoms with E-state index < -0.39 is 6.04 Å². The molecule has 0 radical (unpaired) electrons. The summed E-state index contributed by atoms with van der Waals surface area (Å²) in [5, 5.41) is 12.0. The summed E-state index contributed by atoms with van der Waals surface area (Å²) in [5.41, 5.74) is 9.05. The van der Waals surface area contributed by atoms with Gasteiger partial charge in [-0.05, 0) is 98.7 Å². The van der Waals surface area contributed by atoms with Crippen LogP contribution in [0.4, 0.5) is 11.6 Å². The van der Waals surface area contributed by atoms with Gasteiger partial charge in [0.2, 0.25) is 11.1 Å².